The fourth-order valence-corrected chi connectivity index (χ4v) is 2.43. The van der Waals surface area contributed by atoms with Crippen molar-refractivity contribution in [3.05, 3.63) is 34.4 Å². The minimum Gasteiger partial charge on any atom is -0.353 e. The number of aromatic nitrogens is 2. The molecule has 1 atom stereocenters. The fraction of sp³-hybridized carbons (Fsp3) is 0.357. The number of rotatable bonds is 6. The molecule has 2 N–H and O–H groups in total. The summed E-state index contributed by atoms with van der Waals surface area (Å²) in [4.78, 5) is 20.3. The Hall–Kier alpha value is -1.66. The number of thiazole rings is 1. The maximum atomic E-state index is 11.8. The molecule has 0 bridgehead atoms. The molecule has 0 aliphatic heterocycles. The Bertz CT molecular complexity index is 599. The van der Waals surface area contributed by atoms with Gasteiger partial charge in [0.05, 0.1) is 17.1 Å². The molecule has 0 spiro atoms. The zero-order valence-corrected chi connectivity index (χ0v) is 13.5. The molecule has 2 aromatic heterocycles. The molecule has 0 radical (unpaired) electrons. The Balaban J connectivity index is 1.92. The Labute approximate surface area is 132 Å². The van der Waals surface area contributed by atoms with Crippen LogP contribution in [0.5, 0.6) is 0 Å². The van der Waals surface area contributed by atoms with Crippen LogP contribution >= 0.6 is 22.9 Å². The van der Waals surface area contributed by atoms with E-state index in [0.717, 1.165) is 12.1 Å². The number of hydrogen-bond acceptors (Lipinski definition) is 5. The van der Waals surface area contributed by atoms with E-state index in [1.54, 1.807) is 18.3 Å². The number of amides is 1. The second kappa shape index (κ2) is 7.38. The summed E-state index contributed by atoms with van der Waals surface area (Å²) >= 11 is 7.22. The largest absolute Gasteiger partial charge is 0.353 e. The lowest BCUT2D eigenvalue weighted by Gasteiger charge is -2.10. The van der Waals surface area contributed by atoms with Crippen molar-refractivity contribution < 1.29 is 4.79 Å². The molecule has 2 aromatic rings. The summed E-state index contributed by atoms with van der Waals surface area (Å²) in [5, 5.41) is 9.16. The van der Waals surface area contributed by atoms with Gasteiger partial charge >= 0.3 is 0 Å². The van der Waals surface area contributed by atoms with Crippen LogP contribution in [0.15, 0.2) is 23.7 Å². The van der Waals surface area contributed by atoms with Gasteiger partial charge in [0.2, 0.25) is 5.91 Å². The smallest absolute Gasteiger partial charge is 0.226 e. The predicted molar refractivity (Wildman–Crippen MR) is 86.2 cm³/mol. The van der Waals surface area contributed by atoms with Crippen LogP contribution in [0.25, 0.3) is 0 Å². The second-order valence-corrected chi connectivity index (χ2v) is 5.98. The highest BCUT2D eigenvalue weighted by atomic mass is 35.5. The maximum absolute atomic E-state index is 11.8. The van der Waals surface area contributed by atoms with Crippen molar-refractivity contribution in [1.82, 2.24) is 15.3 Å². The number of hydrogen-bond donors (Lipinski definition) is 2. The van der Waals surface area contributed by atoms with Gasteiger partial charge in [0.15, 0.2) is 5.13 Å². The zero-order valence-electron chi connectivity index (χ0n) is 11.9. The summed E-state index contributed by atoms with van der Waals surface area (Å²) in [6.45, 7) is 4.02. The molecule has 5 nitrogen and oxygen atoms in total. The molecule has 7 heteroatoms. The highest BCUT2D eigenvalue weighted by molar-refractivity contribution is 7.13. The topological polar surface area (TPSA) is 66.9 Å². The van der Waals surface area contributed by atoms with Crippen LogP contribution in [-0.4, -0.2) is 21.9 Å². The van der Waals surface area contributed by atoms with Gasteiger partial charge < -0.3 is 10.6 Å². The van der Waals surface area contributed by atoms with Crippen LogP contribution in [0.4, 0.5) is 10.9 Å². The first-order valence-electron chi connectivity index (χ1n) is 6.69. The molecule has 0 aliphatic carbocycles. The van der Waals surface area contributed by atoms with E-state index in [4.69, 9.17) is 11.6 Å². The molecule has 21 heavy (non-hydrogen) atoms. The van der Waals surface area contributed by atoms with Crippen LogP contribution < -0.4 is 10.6 Å². The average Bonchev–Trinajstić information content (AvgIpc) is 2.88. The zero-order chi connectivity index (χ0) is 15.2. The van der Waals surface area contributed by atoms with E-state index in [1.165, 1.54) is 11.3 Å². The molecular formula is C14H17ClN4OS. The van der Waals surface area contributed by atoms with Crippen molar-refractivity contribution in [1.29, 1.82) is 0 Å². The number of nitrogens with zero attached hydrogens (tertiary/aromatic N) is 2. The van der Waals surface area contributed by atoms with Gasteiger partial charge in [-0.15, -0.1) is 11.3 Å². The van der Waals surface area contributed by atoms with Crippen LogP contribution in [-0.2, 0) is 11.2 Å². The summed E-state index contributed by atoms with van der Waals surface area (Å²) in [6, 6.07) is 3.72. The molecule has 112 valence electrons. The highest BCUT2D eigenvalue weighted by Gasteiger charge is 2.10. The number of carbonyl (C=O) groups is 1. The summed E-state index contributed by atoms with van der Waals surface area (Å²) in [7, 11) is 0. The molecule has 1 unspecified atom stereocenters. The third-order valence-electron chi connectivity index (χ3n) is 2.88. The monoisotopic (exact) mass is 324 g/mol. The average molecular weight is 325 g/mol. The van der Waals surface area contributed by atoms with Crippen molar-refractivity contribution in [3.8, 4) is 0 Å². The number of pyridine rings is 1. The molecule has 2 heterocycles. The Morgan fingerprint density at radius 3 is 2.95 bits per heavy atom. The summed E-state index contributed by atoms with van der Waals surface area (Å²) < 4.78 is 0. The highest BCUT2D eigenvalue weighted by Crippen LogP contribution is 2.20. The molecular weight excluding hydrogens is 308 g/mol. The van der Waals surface area contributed by atoms with Crippen molar-refractivity contribution in [3.63, 3.8) is 0 Å². The van der Waals surface area contributed by atoms with E-state index in [0.29, 0.717) is 16.0 Å². The summed E-state index contributed by atoms with van der Waals surface area (Å²) in [5.74, 6) is 0.662. The van der Waals surface area contributed by atoms with Crippen LogP contribution in [0.2, 0.25) is 5.02 Å². The van der Waals surface area contributed by atoms with Crippen molar-refractivity contribution in [2.75, 3.05) is 5.32 Å². The SMILES string of the molecule is CCC(C)NC(=O)Cc1csc(Nc2ccc(Cl)cn2)n1. The Morgan fingerprint density at radius 1 is 1.48 bits per heavy atom. The molecule has 0 saturated heterocycles. The summed E-state index contributed by atoms with van der Waals surface area (Å²) in [6.07, 6.45) is 2.77. The first-order chi connectivity index (χ1) is 10.1. The summed E-state index contributed by atoms with van der Waals surface area (Å²) in [5.41, 5.74) is 0.747. The van der Waals surface area contributed by atoms with Crippen LogP contribution in [0.3, 0.4) is 0 Å². The van der Waals surface area contributed by atoms with E-state index in [2.05, 4.69) is 20.6 Å². The van der Waals surface area contributed by atoms with Gasteiger partial charge in [-0.1, -0.05) is 18.5 Å². The lowest BCUT2D eigenvalue weighted by Crippen LogP contribution is -2.33. The molecule has 0 saturated carbocycles. The minimum atomic E-state index is -0.00850. The van der Waals surface area contributed by atoms with Gasteiger partial charge in [0, 0.05) is 17.6 Å². The molecule has 1 amide bonds. The van der Waals surface area contributed by atoms with E-state index >= 15 is 0 Å². The molecule has 2 rings (SSSR count). The third-order valence-corrected chi connectivity index (χ3v) is 3.91. The van der Waals surface area contributed by atoms with Gasteiger partial charge in [-0.3, -0.25) is 4.79 Å². The number of carbonyl (C=O) groups excluding carboxylic acids is 1. The van der Waals surface area contributed by atoms with Crippen molar-refractivity contribution in [2.45, 2.75) is 32.7 Å². The fourth-order valence-electron chi connectivity index (χ4n) is 1.60. The van der Waals surface area contributed by atoms with E-state index in [1.807, 2.05) is 19.2 Å². The van der Waals surface area contributed by atoms with E-state index in [-0.39, 0.29) is 18.4 Å². The second-order valence-electron chi connectivity index (χ2n) is 4.68. The molecule has 0 fully saturated rings. The van der Waals surface area contributed by atoms with Crippen molar-refractivity contribution in [2.24, 2.45) is 0 Å². The van der Waals surface area contributed by atoms with E-state index < -0.39 is 0 Å². The van der Waals surface area contributed by atoms with Crippen molar-refractivity contribution >= 4 is 39.8 Å². The molecule has 0 aromatic carbocycles. The van der Waals surface area contributed by atoms with Gasteiger partial charge in [-0.05, 0) is 25.5 Å². The number of nitrogens with one attached hydrogen (secondary N) is 2. The van der Waals surface area contributed by atoms with Crippen LogP contribution in [0.1, 0.15) is 26.0 Å². The normalized spacial score (nSPS) is 12.0. The first kappa shape index (κ1) is 15.7. The van der Waals surface area contributed by atoms with Gasteiger partial charge in [0.1, 0.15) is 5.82 Å². The van der Waals surface area contributed by atoms with Gasteiger partial charge in [-0.2, -0.15) is 0 Å². The van der Waals surface area contributed by atoms with Gasteiger partial charge in [0.25, 0.3) is 0 Å². The quantitative estimate of drug-likeness (QED) is 0.854. The minimum absolute atomic E-state index is 0.00850. The maximum Gasteiger partial charge on any atom is 0.226 e. The first-order valence-corrected chi connectivity index (χ1v) is 7.95. The van der Waals surface area contributed by atoms with Gasteiger partial charge in [-0.25, -0.2) is 9.97 Å². The Kier molecular flexibility index (Phi) is 5.52. The Morgan fingerprint density at radius 2 is 2.29 bits per heavy atom. The van der Waals surface area contributed by atoms with Crippen LogP contribution in [0, 0.1) is 0 Å². The third kappa shape index (κ3) is 4.99. The number of halogens is 1. The standard InChI is InChI=1S/C14H17ClN4OS/c1-3-9(2)17-13(20)6-11-8-21-14(18-11)19-12-5-4-10(15)7-16-12/h4-5,7-9H,3,6H2,1-2H3,(H,17,20)(H,16,18,19). The lowest BCUT2D eigenvalue weighted by atomic mass is 10.2. The number of anilines is 2. The predicted octanol–water partition coefficient (Wildman–Crippen LogP) is 3.39. The van der Waals surface area contributed by atoms with E-state index in [9.17, 15) is 4.79 Å². The molecule has 0 aliphatic rings. The lowest BCUT2D eigenvalue weighted by molar-refractivity contribution is -0.121.